The van der Waals surface area contributed by atoms with Crippen LogP contribution in [-0.2, 0) is 22.9 Å². The topological polar surface area (TPSA) is 100 Å². The molecule has 0 aromatic carbocycles. The number of hydrogen-bond donors (Lipinski definition) is 1. The Bertz CT molecular complexity index is 1220. The van der Waals surface area contributed by atoms with Crippen LogP contribution in [0.25, 0.3) is 21.8 Å². The predicted octanol–water partition coefficient (Wildman–Crippen LogP) is 6.39. The highest BCUT2D eigenvalue weighted by Crippen LogP contribution is 2.20. The number of aromatic nitrogens is 6. The monoisotopic (exact) mass is 580 g/mol. The molecule has 0 bridgehead atoms. The Balaban J connectivity index is 0.000000349. The lowest BCUT2D eigenvalue weighted by Crippen LogP contribution is -2.22. The number of rotatable bonds is 10. The second kappa shape index (κ2) is 16.1. The molecule has 4 aromatic rings. The van der Waals surface area contributed by atoms with Crippen LogP contribution in [0.4, 0.5) is 0 Å². The molecule has 38 heavy (non-hydrogen) atoms. The molecule has 0 saturated carbocycles. The van der Waals surface area contributed by atoms with Gasteiger partial charge in [-0.2, -0.15) is 10.2 Å². The molecule has 0 atom stereocenters. The first-order valence-electron chi connectivity index (χ1n) is 12.4. The van der Waals surface area contributed by atoms with E-state index in [1.165, 1.54) is 6.04 Å². The van der Waals surface area contributed by atoms with E-state index in [-0.39, 0.29) is 7.43 Å². The first kappa shape index (κ1) is 33.9. The van der Waals surface area contributed by atoms with Crippen LogP contribution in [0.15, 0.2) is 43.1 Å². The molecule has 9 nitrogen and oxygen atoms in total. The van der Waals surface area contributed by atoms with Crippen molar-refractivity contribution in [2.75, 3.05) is 20.3 Å². The van der Waals surface area contributed by atoms with Gasteiger partial charge < -0.3 is 14.6 Å². The zero-order valence-electron chi connectivity index (χ0n) is 23.1. The van der Waals surface area contributed by atoms with Crippen molar-refractivity contribution in [3.63, 3.8) is 0 Å². The summed E-state index contributed by atoms with van der Waals surface area (Å²) in [5.41, 5.74) is 2.04. The van der Waals surface area contributed by atoms with Crippen molar-refractivity contribution in [1.82, 2.24) is 29.5 Å². The molecular weight excluding hydrogens is 536 g/mol. The maximum absolute atomic E-state index is 7.00. The van der Waals surface area contributed by atoms with Gasteiger partial charge in [0.15, 0.2) is 0 Å². The van der Waals surface area contributed by atoms with Crippen LogP contribution in [0.1, 0.15) is 7.43 Å². The van der Waals surface area contributed by atoms with E-state index >= 15 is 0 Å². The summed E-state index contributed by atoms with van der Waals surface area (Å²) in [6.45, 7) is 16.7. The number of ether oxygens (including phenoxy) is 2. The van der Waals surface area contributed by atoms with E-state index in [0.717, 1.165) is 48.2 Å². The fraction of sp³-hybridized carbons (Fsp3) is 0.538. The van der Waals surface area contributed by atoms with E-state index in [0.29, 0.717) is 18.6 Å². The minimum atomic E-state index is -1.03. The molecule has 1 N–H and O–H groups in total. The van der Waals surface area contributed by atoms with Crippen LogP contribution in [0.5, 0.6) is 0 Å². The Morgan fingerprint density at radius 3 is 1.89 bits per heavy atom. The molecule has 0 fully saturated rings. The van der Waals surface area contributed by atoms with Crippen molar-refractivity contribution in [1.29, 1.82) is 0 Å². The molecule has 12 heteroatoms. The molecule has 0 saturated heterocycles. The SMILES string of the molecule is C.CO.C[Si](C)(C)CCOCn1ncc2c(Cl)nccc21.C[Si](C)(C)CCOCn1ncc2cnccc21. The maximum Gasteiger partial charge on any atom is 0.139 e. The van der Waals surface area contributed by atoms with Gasteiger partial charge >= 0.3 is 0 Å². The second-order valence-corrected chi connectivity index (χ2v) is 22.6. The molecule has 0 radical (unpaired) electrons. The van der Waals surface area contributed by atoms with Gasteiger partial charge in [0.05, 0.1) is 28.8 Å². The molecule has 0 aliphatic carbocycles. The van der Waals surface area contributed by atoms with Gasteiger partial charge in [0.1, 0.15) is 18.6 Å². The lowest BCUT2D eigenvalue weighted by atomic mass is 10.3. The van der Waals surface area contributed by atoms with Gasteiger partial charge in [-0.1, -0.05) is 58.3 Å². The largest absolute Gasteiger partial charge is 0.400 e. The number of nitrogens with zero attached hydrogens (tertiary/aromatic N) is 6. The lowest BCUT2D eigenvalue weighted by molar-refractivity contribution is 0.0816. The Morgan fingerprint density at radius 1 is 0.789 bits per heavy atom. The van der Waals surface area contributed by atoms with Crippen LogP contribution < -0.4 is 0 Å². The van der Waals surface area contributed by atoms with E-state index in [1.807, 2.05) is 33.9 Å². The summed E-state index contributed by atoms with van der Waals surface area (Å²) in [5.74, 6) is 0. The van der Waals surface area contributed by atoms with Crippen molar-refractivity contribution in [2.24, 2.45) is 0 Å². The molecule has 4 aromatic heterocycles. The zero-order chi connectivity index (χ0) is 27.5. The highest BCUT2D eigenvalue weighted by molar-refractivity contribution is 6.76. The van der Waals surface area contributed by atoms with Gasteiger partial charge in [-0.15, -0.1) is 0 Å². The van der Waals surface area contributed by atoms with E-state index < -0.39 is 16.1 Å². The minimum Gasteiger partial charge on any atom is -0.400 e. The highest BCUT2D eigenvalue weighted by Gasteiger charge is 2.13. The van der Waals surface area contributed by atoms with E-state index in [1.54, 1.807) is 18.6 Å². The summed E-state index contributed by atoms with van der Waals surface area (Å²) in [5, 5.41) is 18.0. The molecule has 4 rings (SSSR count). The smallest absolute Gasteiger partial charge is 0.139 e. The second-order valence-electron chi connectivity index (χ2n) is 11.0. The van der Waals surface area contributed by atoms with Gasteiger partial charge in [0, 0.05) is 60.4 Å². The molecule has 0 unspecified atom stereocenters. The van der Waals surface area contributed by atoms with Gasteiger partial charge in [-0.25, -0.2) is 14.3 Å². The quantitative estimate of drug-likeness (QED) is 0.132. The Kier molecular flexibility index (Phi) is 14.3. The van der Waals surface area contributed by atoms with Crippen molar-refractivity contribution in [3.8, 4) is 0 Å². The summed E-state index contributed by atoms with van der Waals surface area (Å²) in [6.07, 6.45) is 8.84. The average Bonchev–Trinajstić information content (AvgIpc) is 3.45. The Hall–Kier alpha value is -2.16. The lowest BCUT2D eigenvalue weighted by Gasteiger charge is -2.15. The normalized spacial score (nSPS) is 11.4. The number of fused-ring (bicyclic) bond motifs is 2. The third-order valence-corrected chi connectivity index (χ3v) is 9.09. The van der Waals surface area contributed by atoms with Gasteiger partial charge in [0.2, 0.25) is 0 Å². The third kappa shape index (κ3) is 11.3. The van der Waals surface area contributed by atoms with E-state index in [9.17, 15) is 0 Å². The number of aliphatic hydroxyl groups is 1. The minimum absolute atomic E-state index is 0. The van der Waals surface area contributed by atoms with Crippen LogP contribution in [0.2, 0.25) is 56.5 Å². The summed E-state index contributed by atoms with van der Waals surface area (Å²) < 4.78 is 15.0. The standard InChI is InChI=1S/C12H18ClN3OSi.C12H19N3OSi.CH4O.CH4/c1-18(2,3)7-6-17-9-16-11-4-5-14-12(13)10(11)8-15-16;1-17(2,3)7-6-16-10-15-12-4-5-13-8-11(12)9-14-15;1-2;/h4-5,8H,6-7,9H2,1-3H3;4-5,8-9H,6-7,10H2,1-3H3;2H,1H3;1H4. The van der Waals surface area contributed by atoms with Crippen LogP contribution in [-0.4, -0.2) is 71.1 Å². The highest BCUT2D eigenvalue weighted by atomic mass is 35.5. The zero-order valence-corrected chi connectivity index (χ0v) is 25.9. The van der Waals surface area contributed by atoms with Crippen molar-refractivity contribution in [2.45, 2.75) is 72.3 Å². The number of pyridine rings is 2. The summed E-state index contributed by atoms with van der Waals surface area (Å²) in [6, 6.07) is 6.21. The average molecular weight is 581 g/mol. The van der Waals surface area contributed by atoms with Gasteiger partial charge in [-0.3, -0.25) is 4.98 Å². The Morgan fingerprint density at radius 2 is 1.32 bits per heavy atom. The summed E-state index contributed by atoms with van der Waals surface area (Å²) >= 11 is 5.99. The summed E-state index contributed by atoms with van der Waals surface area (Å²) in [7, 11) is -1.03. The molecular formula is C26H45ClN6O3Si2. The van der Waals surface area contributed by atoms with Crippen molar-refractivity contribution < 1.29 is 14.6 Å². The number of hydrogen-bond acceptors (Lipinski definition) is 7. The fourth-order valence-corrected chi connectivity index (χ4v) is 4.88. The molecule has 0 aliphatic rings. The number of aliphatic hydroxyl groups excluding tert-OH is 1. The van der Waals surface area contributed by atoms with Gasteiger partial charge in [0.25, 0.3) is 0 Å². The van der Waals surface area contributed by atoms with Crippen LogP contribution in [0, 0.1) is 0 Å². The van der Waals surface area contributed by atoms with Crippen LogP contribution >= 0.6 is 11.6 Å². The predicted molar refractivity (Wildman–Crippen MR) is 163 cm³/mol. The maximum atomic E-state index is 7.00. The van der Waals surface area contributed by atoms with Crippen molar-refractivity contribution in [3.05, 3.63) is 48.3 Å². The molecule has 4 heterocycles. The molecule has 0 spiro atoms. The van der Waals surface area contributed by atoms with Gasteiger partial charge in [-0.05, 0) is 24.2 Å². The first-order chi connectivity index (χ1) is 17.5. The first-order valence-corrected chi connectivity index (χ1v) is 20.1. The van der Waals surface area contributed by atoms with Crippen molar-refractivity contribution >= 4 is 49.6 Å². The number of halogens is 1. The molecule has 212 valence electrons. The Labute approximate surface area is 234 Å². The van der Waals surface area contributed by atoms with E-state index in [4.69, 9.17) is 26.2 Å². The molecule has 0 amide bonds. The summed E-state index contributed by atoms with van der Waals surface area (Å²) in [4.78, 5) is 8.09. The molecule has 0 aliphatic heterocycles. The van der Waals surface area contributed by atoms with E-state index in [2.05, 4.69) is 59.4 Å². The van der Waals surface area contributed by atoms with Crippen LogP contribution in [0.3, 0.4) is 0 Å². The fourth-order valence-electron chi connectivity index (χ4n) is 3.16. The third-order valence-electron chi connectivity index (χ3n) is 5.38.